The third-order valence-electron chi connectivity index (χ3n) is 2.47. The highest BCUT2D eigenvalue weighted by molar-refractivity contribution is 5.07. The Bertz CT molecular complexity index is 251. The van der Waals surface area contributed by atoms with Gasteiger partial charge in [0.25, 0.3) is 0 Å². The summed E-state index contributed by atoms with van der Waals surface area (Å²) in [6.07, 6.45) is 7.79. The summed E-state index contributed by atoms with van der Waals surface area (Å²) in [6, 6.07) is 0. The molecule has 1 rings (SSSR count). The lowest BCUT2D eigenvalue weighted by Gasteiger charge is -2.17. The molecule has 0 bridgehead atoms. The molecule has 1 aromatic heterocycles. The van der Waals surface area contributed by atoms with Gasteiger partial charge in [-0.05, 0) is 12.3 Å². The highest BCUT2D eigenvalue weighted by Gasteiger charge is 2.15. The van der Waals surface area contributed by atoms with Crippen molar-refractivity contribution >= 4 is 0 Å². The van der Waals surface area contributed by atoms with Crippen LogP contribution in [0.2, 0.25) is 0 Å². The smallest absolute Gasteiger partial charge is 0.115 e. The Hall–Kier alpha value is -0.960. The zero-order valence-corrected chi connectivity index (χ0v) is 8.85. The van der Waals surface area contributed by atoms with Crippen molar-refractivity contribution in [3.05, 3.63) is 24.3 Å². The number of nitrogens with zero attached hydrogens (tertiary/aromatic N) is 2. The van der Waals surface area contributed by atoms with E-state index in [1.807, 2.05) is 0 Å². The molecule has 1 heterocycles. The van der Waals surface area contributed by atoms with E-state index < -0.39 is 6.10 Å². The molecule has 0 amide bonds. The van der Waals surface area contributed by atoms with Gasteiger partial charge in [-0.25, -0.2) is 9.97 Å². The Kier molecular flexibility index (Phi) is 4.53. The van der Waals surface area contributed by atoms with Crippen molar-refractivity contribution in [2.75, 3.05) is 0 Å². The SMILES string of the molecule is CCCCC(C)C(O)c1cncnc1. The molecule has 3 heteroatoms. The number of aromatic nitrogens is 2. The van der Waals surface area contributed by atoms with Gasteiger partial charge in [0, 0.05) is 18.0 Å². The molecule has 0 saturated heterocycles. The fourth-order valence-corrected chi connectivity index (χ4v) is 1.48. The molecule has 14 heavy (non-hydrogen) atoms. The molecule has 0 aliphatic heterocycles. The van der Waals surface area contributed by atoms with Crippen LogP contribution < -0.4 is 0 Å². The van der Waals surface area contributed by atoms with Crippen LogP contribution in [0.1, 0.15) is 44.8 Å². The van der Waals surface area contributed by atoms with E-state index in [1.54, 1.807) is 12.4 Å². The Balaban J connectivity index is 2.52. The first kappa shape index (κ1) is 11.1. The quantitative estimate of drug-likeness (QED) is 0.782. The molecule has 0 fully saturated rings. The first-order valence-corrected chi connectivity index (χ1v) is 5.18. The zero-order valence-electron chi connectivity index (χ0n) is 8.85. The highest BCUT2D eigenvalue weighted by atomic mass is 16.3. The summed E-state index contributed by atoms with van der Waals surface area (Å²) in [5.74, 6) is 0.279. The van der Waals surface area contributed by atoms with Crippen LogP contribution in [0.3, 0.4) is 0 Å². The summed E-state index contributed by atoms with van der Waals surface area (Å²) >= 11 is 0. The van der Waals surface area contributed by atoms with E-state index in [0.29, 0.717) is 0 Å². The third kappa shape index (κ3) is 3.07. The molecule has 0 aliphatic rings. The van der Waals surface area contributed by atoms with E-state index in [1.165, 1.54) is 12.7 Å². The number of aliphatic hydroxyl groups excluding tert-OH is 1. The third-order valence-corrected chi connectivity index (χ3v) is 2.47. The maximum absolute atomic E-state index is 9.94. The van der Waals surface area contributed by atoms with Gasteiger partial charge in [0.05, 0.1) is 6.10 Å². The van der Waals surface area contributed by atoms with E-state index in [2.05, 4.69) is 23.8 Å². The maximum Gasteiger partial charge on any atom is 0.115 e. The monoisotopic (exact) mass is 194 g/mol. The lowest BCUT2D eigenvalue weighted by Crippen LogP contribution is -2.09. The molecule has 0 aliphatic carbocycles. The van der Waals surface area contributed by atoms with Crippen molar-refractivity contribution in [1.82, 2.24) is 9.97 Å². The van der Waals surface area contributed by atoms with Gasteiger partial charge < -0.3 is 5.11 Å². The second kappa shape index (κ2) is 5.70. The van der Waals surface area contributed by atoms with Gasteiger partial charge in [0.2, 0.25) is 0 Å². The van der Waals surface area contributed by atoms with Crippen molar-refractivity contribution in [3.63, 3.8) is 0 Å². The maximum atomic E-state index is 9.94. The van der Waals surface area contributed by atoms with E-state index in [0.717, 1.165) is 18.4 Å². The minimum Gasteiger partial charge on any atom is -0.388 e. The summed E-state index contributed by atoms with van der Waals surface area (Å²) < 4.78 is 0. The molecule has 1 aromatic rings. The first-order chi connectivity index (χ1) is 6.75. The Labute approximate surface area is 85.2 Å². The molecule has 0 spiro atoms. The Morgan fingerprint density at radius 3 is 2.57 bits per heavy atom. The van der Waals surface area contributed by atoms with Gasteiger partial charge >= 0.3 is 0 Å². The summed E-state index contributed by atoms with van der Waals surface area (Å²) in [4.78, 5) is 7.79. The minimum atomic E-state index is -0.428. The van der Waals surface area contributed by atoms with E-state index in [-0.39, 0.29) is 5.92 Å². The van der Waals surface area contributed by atoms with Gasteiger partial charge in [0.15, 0.2) is 0 Å². The average molecular weight is 194 g/mol. The number of hydrogen-bond acceptors (Lipinski definition) is 3. The predicted octanol–water partition coefficient (Wildman–Crippen LogP) is 2.34. The largest absolute Gasteiger partial charge is 0.388 e. The molecule has 2 atom stereocenters. The normalized spacial score (nSPS) is 15.1. The van der Waals surface area contributed by atoms with Crippen molar-refractivity contribution in [2.24, 2.45) is 5.92 Å². The molecule has 0 aromatic carbocycles. The summed E-state index contributed by atoms with van der Waals surface area (Å²) in [5.41, 5.74) is 0.816. The number of unbranched alkanes of at least 4 members (excludes halogenated alkanes) is 1. The standard InChI is InChI=1S/C11H18N2O/c1-3-4-5-9(2)11(14)10-6-12-8-13-7-10/h6-9,11,14H,3-5H2,1-2H3. The molecule has 2 unspecified atom stereocenters. The van der Waals surface area contributed by atoms with Crippen LogP contribution in [-0.4, -0.2) is 15.1 Å². The Morgan fingerprint density at radius 1 is 1.36 bits per heavy atom. The van der Waals surface area contributed by atoms with Gasteiger partial charge in [-0.15, -0.1) is 0 Å². The van der Waals surface area contributed by atoms with Crippen molar-refractivity contribution in [3.8, 4) is 0 Å². The van der Waals surface area contributed by atoms with Crippen LogP contribution in [0.5, 0.6) is 0 Å². The van der Waals surface area contributed by atoms with Gasteiger partial charge in [0.1, 0.15) is 6.33 Å². The summed E-state index contributed by atoms with van der Waals surface area (Å²) in [7, 11) is 0. The van der Waals surface area contributed by atoms with Gasteiger partial charge in [-0.1, -0.05) is 26.7 Å². The lowest BCUT2D eigenvalue weighted by atomic mass is 9.94. The number of rotatable bonds is 5. The van der Waals surface area contributed by atoms with E-state index >= 15 is 0 Å². The molecule has 0 saturated carbocycles. The van der Waals surface area contributed by atoms with Gasteiger partial charge in [-0.3, -0.25) is 0 Å². The molecule has 3 nitrogen and oxygen atoms in total. The molecule has 78 valence electrons. The van der Waals surface area contributed by atoms with Crippen LogP contribution in [0, 0.1) is 5.92 Å². The van der Waals surface area contributed by atoms with Crippen LogP contribution in [0.4, 0.5) is 0 Å². The van der Waals surface area contributed by atoms with Crippen LogP contribution in [0.25, 0.3) is 0 Å². The summed E-state index contributed by atoms with van der Waals surface area (Å²) in [6.45, 7) is 4.22. The molecular formula is C11H18N2O. The topological polar surface area (TPSA) is 46.0 Å². The number of aliphatic hydroxyl groups is 1. The predicted molar refractivity (Wildman–Crippen MR) is 55.7 cm³/mol. The molecular weight excluding hydrogens is 176 g/mol. The first-order valence-electron chi connectivity index (χ1n) is 5.18. The zero-order chi connectivity index (χ0) is 10.4. The minimum absolute atomic E-state index is 0.279. The Morgan fingerprint density at radius 2 is 2.00 bits per heavy atom. The van der Waals surface area contributed by atoms with Crippen molar-refractivity contribution < 1.29 is 5.11 Å². The van der Waals surface area contributed by atoms with Crippen molar-refractivity contribution in [2.45, 2.75) is 39.2 Å². The lowest BCUT2D eigenvalue weighted by molar-refractivity contribution is 0.111. The van der Waals surface area contributed by atoms with E-state index in [9.17, 15) is 5.11 Å². The number of hydrogen-bond donors (Lipinski definition) is 1. The second-order valence-electron chi connectivity index (χ2n) is 3.74. The fourth-order valence-electron chi connectivity index (χ4n) is 1.48. The van der Waals surface area contributed by atoms with Crippen molar-refractivity contribution in [1.29, 1.82) is 0 Å². The fraction of sp³-hybridized carbons (Fsp3) is 0.636. The van der Waals surface area contributed by atoms with E-state index in [4.69, 9.17) is 0 Å². The van der Waals surface area contributed by atoms with Crippen LogP contribution in [0.15, 0.2) is 18.7 Å². The average Bonchev–Trinajstić information content (AvgIpc) is 2.26. The highest BCUT2D eigenvalue weighted by Crippen LogP contribution is 2.24. The molecule has 1 N–H and O–H groups in total. The van der Waals surface area contributed by atoms with Gasteiger partial charge in [-0.2, -0.15) is 0 Å². The summed E-state index contributed by atoms with van der Waals surface area (Å²) in [5, 5.41) is 9.94. The van der Waals surface area contributed by atoms with Crippen LogP contribution in [-0.2, 0) is 0 Å². The van der Waals surface area contributed by atoms with Crippen LogP contribution >= 0.6 is 0 Å². The second-order valence-corrected chi connectivity index (χ2v) is 3.74. The molecule has 0 radical (unpaired) electrons.